The summed E-state index contributed by atoms with van der Waals surface area (Å²) < 4.78 is 5.78. The van der Waals surface area contributed by atoms with E-state index in [2.05, 4.69) is 44.0 Å². The minimum Gasteiger partial charge on any atom is -0.494 e. The van der Waals surface area contributed by atoms with E-state index in [-0.39, 0.29) is 6.04 Å². The van der Waals surface area contributed by atoms with Crippen molar-refractivity contribution in [2.45, 2.75) is 45.6 Å². The van der Waals surface area contributed by atoms with Crippen LogP contribution in [0.1, 0.15) is 51.1 Å². The Hall–Kier alpha value is -1.06. The molecule has 0 aliphatic rings. The highest BCUT2D eigenvalue weighted by Crippen LogP contribution is 2.23. The lowest BCUT2D eigenvalue weighted by atomic mass is 10.1. The summed E-state index contributed by atoms with van der Waals surface area (Å²) in [6.45, 7) is 6.90. The summed E-state index contributed by atoms with van der Waals surface area (Å²) in [5.41, 5.74) is 7.22. The molecule has 0 bridgehead atoms. The third-order valence-corrected chi connectivity index (χ3v) is 3.63. The Morgan fingerprint density at radius 3 is 2.60 bits per heavy atom. The quantitative estimate of drug-likeness (QED) is 0.665. The molecule has 0 fully saturated rings. The average molecular weight is 278 g/mol. The van der Waals surface area contributed by atoms with Gasteiger partial charge in [-0.25, -0.2) is 0 Å². The highest BCUT2D eigenvalue weighted by molar-refractivity contribution is 5.30. The molecule has 1 unspecified atom stereocenters. The SMILES string of the molecule is CCCCOc1cccc(C(CN)N(C)CCCC)c1. The standard InChI is InChI=1S/C17H30N2O/c1-4-6-11-19(3)17(14-18)15-9-8-10-16(13-15)20-12-7-5-2/h8-10,13,17H,4-7,11-12,14,18H2,1-3H3. The van der Waals surface area contributed by atoms with Crippen LogP contribution in [0.25, 0.3) is 0 Å². The molecule has 0 aromatic heterocycles. The molecule has 0 spiro atoms. The summed E-state index contributed by atoms with van der Waals surface area (Å²) in [5, 5.41) is 0. The predicted octanol–water partition coefficient (Wildman–Crippen LogP) is 3.60. The van der Waals surface area contributed by atoms with Crippen molar-refractivity contribution < 1.29 is 4.74 Å². The van der Waals surface area contributed by atoms with Crippen molar-refractivity contribution >= 4 is 0 Å². The van der Waals surface area contributed by atoms with Gasteiger partial charge in [-0.05, 0) is 44.1 Å². The fourth-order valence-electron chi connectivity index (χ4n) is 2.28. The van der Waals surface area contributed by atoms with Crippen molar-refractivity contribution in [2.75, 3.05) is 26.7 Å². The van der Waals surface area contributed by atoms with Crippen LogP contribution in [-0.4, -0.2) is 31.6 Å². The van der Waals surface area contributed by atoms with E-state index in [1.807, 2.05) is 6.07 Å². The Labute approximate surface area is 124 Å². The second kappa shape index (κ2) is 9.78. The van der Waals surface area contributed by atoms with E-state index in [4.69, 9.17) is 10.5 Å². The van der Waals surface area contributed by atoms with Crippen LogP contribution in [0.3, 0.4) is 0 Å². The summed E-state index contributed by atoms with van der Waals surface area (Å²) >= 11 is 0. The van der Waals surface area contributed by atoms with Crippen LogP contribution in [0.2, 0.25) is 0 Å². The van der Waals surface area contributed by atoms with E-state index >= 15 is 0 Å². The number of hydrogen-bond acceptors (Lipinski definition) is 3. The molecule has 1 atom stereocenters. The van der Waals surface area contributed by atoms with E-state index < -0.39 is 0 Å². The van der Waals surface area contributed by atoms with Crippen LogP contribution in [0.4, 0.5) is 0 Å². The number of ether oxygens (including phenoxy) is 1. The van der Waals surface area contributed by atoms with Crippen molar-refractivity contribution in [2.24, 2.45) is 5.73 Å². The molecule has 2 N–H and O–H groups in total. The number of nitrogens with two attached hydrogens (primary N) is 1. The fourth-order valence-corrected chi connectivity index (χ4v) is 2.28. The van der Waals surface area contributed by atoms with Gasteiger partial charge in [0.05, 0.1) is 6.61 Å². The molecule has 0 amide bonds. The first-order valence-corrected chi connectivity index (χ1v) is 7.86. The first-order valence-electron chi connectivity index (χ1n) is 7.86. The molecule has 0 heterocycles. The van der Waals surface area contributed by atoms with Gasteiger partial charge >= 0.3 is 0 Å². The Bertz CT molecular complexity index is 368. The highest BCUT2D eigenvalue weighted by Gasteiger charge is 2.15. The lowest BCUT2D eigenvalue weighted by molar-refractivity contribution is 0.245. The maximum absolute atomic E-state index is 5.97. The molecule has 1 aromatic carbocycles. The number of nitrogens with zero attached hydrogens (tertiary/aromatic N) is 1. The lowest BCUT2D eigenvalue weighted by Gasteiger charge is -2.27. The maximum atomic E-state index is 5.97. The Balaban J connectivity index is 2.69. The van der Waals surface area contributed by atoms with Gasteiger partial charge in [-0.15, -0.1) is 0 Å². The molecule has 0 saturated carbocycles. The van der Waals surface area contributed by atoms with Crippen molar-refractivity contribution in [1.82, 2.24) is 4.90 Å². The molecule has 0 saturated heterocycles. The van der Waals surface area contributed by atoms with Crippen LogP contribution in [0, 0.1) is 0 Å². The van der Waals surface area contributed by atoms with Crippen molar-refractivity contribution in [1.29, 1.82) is 0 Å². The van der Waals surface area contributed by atoms with E-state index in [0.29, 0.717) is 6.54 Å². The van der Waals surface area contributed by atoms with Gasteiger partial charge in [0, 0.05) is 12.6 Å². The number of rotatable bonds is 10. The van der Waals surface area contributed by atoms with Crippen LogP contribution in [0.5, 0.6) is 5.75 Å². The number of benzene rings is 1. The number of unbranched alkanes of at least 4 members (excludes halogenated alkanes) is 2. The van der Waals surface area contributed by atoms with Gasteiger partial charge in [0.2, 0.25) is 0 Å². The molecule has 1 aromatic rings. The second-order valence-corrected chi connectivity index (χ2v) is 5.36. The molecule has 0 radical (unpaired) electrons. The third-order valence-electron chi connectivity index (χ3n) is 3.63. The van der Waals surface area contributed by atoms with Gasteiger partial charge in [0.15, 0.2) is 0 Å². The Morgan fingerprint density at radius 2 is 1.95 bits per heavy atom. The Morgan fingerprint density at radius 1 is 1.20 bits per heavy atom. The average Bonchev–Trinajstić information content (AvgIpc) is 2.46. The minimum absolute atomic E-state index is 0.274. The molecule has 1 rings (SSSR count). The smallest absolute Gasteiger partial charge is 0.119 e. The molecule has 0 aliphatic carbocycles. The zero-order chi connectivity index (χ0) is 14.8. The zero-order valence-electron chi connectivity index (χ0n) is 13.3. The molecule has 114 valence electrons. The third kappa shape index (κ3) is 5.51. The molecule has 3 heteroatoms. The summed E-state index contributed by atoms with van der Waals surface area (Å²) in [4.78, 5) is 2.34. The van der Waals surface area contributed by atoms with E-state index in [1.165, 1.54) is 18.4 Å². The number of hydrogen-bond donors (Lipinski definition) is 1. The van der Waals surface area contributed by atoms with Crippen LogP contribution >= 0.6 is 0 Å². The second-order valence-electron chi connectivity index (χ2n) is 5.36. The predicted molar refractivity (Wildman–Crippen MR) is 86.2 cm³/mol. The van der Waals surface area contributed by atoms with E-state index in [9.17, 15) is 0 Å². The monoisotopic (exact) mass is 278 g/mol. The van der Waals surface area contributed by atoms with Crippen LogP contribution in [0.15, 0.2) is 24.3 Å². The fraction of sp³-hybridized carbons (Fsp3) is 0.647. The zero-order valence-corrected chi connectivity index (χ0v) is 13.3. The summed E-state index contributed by atoms with van der Waals surface area (Å²) in [6, 6.07) is 8.64. The van der Waals surface area contributed by atoms with Gasteiger partial charge in [-0.1, -0.05) is 38.8 Å². The van der Waals surface area contributed by atoms with E-state index in [0.717, 1.165) is 31.7 Å². The van der Waals surface area contributed by atoms with Crippen molar-refractivity contribution in [3.05, 3.63) is 29.8 Å². The van der Waals surface area contributed by atoms with Gasteiger partial charge in [0.1, 0.15) is 5.75 Å². The van der Waals surface area contributed by atoms with Gasteiger partial charge in [-0.3, -0.25) is 4.90 Å². The number of likely N-dealkylation sites (N-methyl/N-ethyl adjacent to an activating group) is 1. The van der Waals surface area contributed by atoms with Gasteiger partial charge in [0.25, 0.3) is 0 Å². The van der Waals surface area contributed by atoms with E-state index in [1.54, 1.807) is 0 Å². The summed E-state index contributed by atoms with van der Waals surface area (Å²) in [6.07, 6.45) is 4.67. The van der Waals surface area contributed by atoms with Crippen LogP contribution in [-0.2, 0) is 0 Å². The molecule has 3 nitrogen and oxygen atoms in total. The van der Waals surface area contributed by atoms with Crippen LogP contribution < -0.4 is 10.5 Å². The molecular formula is C17H30N2O. The van der Waals surface area contributed by atoms with Gasteiger partial charge < -0.3 is 10.5 Å². The maximum Gasteiger partial charge on any atom is 0.119 e. The van der Waals surface area contributed by atoms with Crippen molar-refractivity contribution in [3.63, 3.8) is 0 Å². The normalized spacial score (nSPS) is 12.7. The first-order chi connectivity index (χ1) is 9.72. The molecule has 0 aliphatic heterocycles. The Kier molecular flexibility index (Phi) is 8.31. The topological polar surface area (TPSA) is 38.5 Å². The first kappa shape index (κ1) is 17.0. The minimum atomic E-state index is 0.274. The molecular weight excluding hydrogens is 248 g/mol. The lowest BCUT2D eigenvalue weighted by Crippen LogP contribution is -2.31. The van der Waals surface area contributed by atoms with Crippen molar-refractivity contribution in [3.8, 4) is 5.75 Å². The molecule has 20 heavy (non-hydrogen) atoms. The summed E-state index contributed by atoms with van der Waals surface area (Å²) in [5.74, 6) is 0.957. The highest BCUT2D eigenvalue weighted by atomic mass is 16.5. The summed E-state index contributed by atoms with van der Waals surface area (Å²) in [7, 11) is 2.15. The van der Waals surface area contributed by atoms with Gasteiger partial charge in [-0.2, -0.15) is 0 Å². The largest absolute Gasteiger partial charge is 0.494 e.